The van der Waals surface area contributed by atoms with Gasteiger partial charge in [-0.2, -0.15) is 0 Å². The number of aliphatic carboxylic acids is 3. The molecule has 0 saturated carbocycles. The van der Waals surface area contributed by atoms with Crippen LogP contribution in [0.4, 0.5) is 8.78 Å². The summed E-state index contributed by atoms with van der Waals surface area (Å²) in [5, 5.41) is 29.3. The molecule has 0 saturated heterocycles. The van der Waals surface area contributed by atoms with E-state index in [9.17, 15) is 37.5 Å². The van der Waals surface area contributed by atoms with Crippen molar-refractivity contribution in [2.45, 2.75) is 13.3 Å². The largest absolute Gasteiger partial charge is 0.478 e. The number of carboxylic acids is 3. The summed E-state index contributed by atoms with van der Waals surface area (Å²) in [4.78, 5) is 66.7. The Morgan fingerprint density at radius 3 is 1.41 bits per heavy atom. The number of rotatable bonds is 10. The van der Waals surface area contributed by atoms with Crippen molar-refractivity contribution in [1.29, 1.82) is 0 Å². The van der Waals surface area contributed by atoms with E-state index < -0.39 is 37.6 Å². The molecule has 9 rings (SSSR count). The number of aldehydes is 1. The first-order valence-electron chi connectivity index (χ1n) is 18.7. The normalized spacial score (nSPS) is 12.0. The molecule has 8 aromatic rings. The van der Waals surface area contributed by atoms with Gasteiger partial charge in [0, 0.05) is 60.1 Å². The van der Waals surface area contributed by atoms with Crippen molar-refractivity contribution in [3.05, 3.63) is 146 Å². The van der Waals surface area contributed by atoms with Gasteiger partial charge in [0.15, 0.2) is 17.9 Å². The smallest absolute Gasteiger partial charge is 0.328 e. The van der Waals surface area contributed by atoms with Crippen molar-refractivity contribution in [2.24, 2.45) is 0 Å². The summed E-state index contributed by atoms with van der Waals surface area (Å²) in [5.74, 6) is -3.36. The number of allylic oxidation sites excluding steroid dienone is 7. The lowest BCUT2D eigenvalue weighted by atomic mass is 10.1. The minimum atomic E-state index is -1.67. The molecule has 0 radical (unpaired) electrons. The van der Waals surface area contributed by atoms with Crippen molar-refractivity contribution in [2.75, 3.05) is 0 Å². The highest BCUT2D eigenvalue weighted by atomic mass is 36.0. The second kappa shape index (κ2) is 29.2. The third-order valence-electron chi connectivity index (χ3n) is 8.03. The molecule has 27 heteroatoms. The fourth-order valence-corrected chi connectivity index (χ4v) is 15.4. The van der Waals surface area contributed by atoms with Crippen molar-refractivity contribution in [3.8, 4) is 0 Å². The van der Waals surface area contributed by atoms with Gasteiger partial charge in [0.1, 0.15) is 9.75 Å². The quantitative estimate of drug-likeness (QED) is 0.0677. The summed E-state index contributed by atoms with van der Waals surface area (Å²) in [6, 6.07) is 7.51. The molecule has 1 aliphatic carbocycles. The van der Waals surface area contributed by atoms with Crippen LogP contribution in [0.1, 0.15) is 52.1 Å². The standard InChI is InChI=1S/C11H10O4.C10Cl4O2S3.C8H2F2S3.C8H8OS.C7H6O2S.Cl2OS/c12-10(13)5-3-8-1-2-9(7-8)4-6-11(14)15;11-1-3-7(18-5(1)9(13)15)8-4(17-3)2(12)6(19-8)10(14)16;9-3-1-11-7-5(3)13-6-4(10)2-12-8(6)7;1-2-3-7-4-5-8(6-9)10-7;8-7(9)4-3-6-2-1-5-10-6;1-4(2)3/h1-6H,7H2,(H,12,13)(H,14,15);;1-2H;2-6H,1H3;1-5H,(H,8,9);/b5-3-,6-4?;;;;;. The average molecular weight is 1250 g/mol. The van der Waals surface area contributed by atoms with Gasteiger partial charge in [0.2, 0.25) is 9.23 Å². The van der Waals surface area contributed by atoms with Gasteiger partial charge in [0.05, 0.1) is 52.5 Å². The van der Waals surface area contributed by atoms with Crippen LogP contribution >= 0.6 is 158 Å². The Hall–Kier alpha value is -3.75. The highest BCUT2D eigenvalue weighted by molar-refractivity contribution is 8.26. The van der Waals surface area contributed by atoms with E-state index in [1.165, 1.54) is 114 Å². The topological polar surface area (TPSA) is 180 Å². The van der Waals surface area contributed by atoms with Gasteiger partial charge < -0.3 is 15.3 Å². The number of carboxylic acid groups (broad SMARTS) is 3. The number of hydrogen-bond acceptors (Lipinski definition) is 15. The van der Waals surface area contributed by atoms with Crippen LogP contribution in [0.5, 0.6) is 0 Å². The second-order valence-corrected chi connectivity index (χ2v) is 24.7. The van der Waals surface area contributed by atoms with E-state index in [1.54, 1.807) is 18.2 Å². The second-order valence-electron chi connectivity index (χ2n) is 12.8. The molecular weight excluding hydrogens is 1230 g/mol. The van der Waals surface area contributed by atoms with Crippen LogP contribution in [0.2, 0.25) is 10.0 Å². The van der Waals surface area contributed by atoms with E-state index in [0.717, 1.165) is 78.5 Å². The fraction of sp³-hybridized carbons (Fsp3) is 0.0455. The van der Waals surface area contributed by atoms with Crippen LogP contribution < -0.4 is 0 Å². The molecule has 0 aromatic carbocycles. The Balaban J connectivity index is 0.000000193. The number of thiophene rings is 8. The van der Waals surface area contributed by atoms with E-state index in [1.807, 2.05) is 48.7 Å². The van der Waals surface area contributed by atoms with E-state index in [0.29, 0.717) is 35.6 Å². The zero-order chi connectivity index (χ0) is 52.5. The summed E-state index contributed by atoms with van der Waals surface area (Å²) in [5.41, 5.74) is 1.70. The molecule has 0 atom stereocenters. The first-order valence-corrected chi connectivity index (χ1v) is 29.7. The summed E-state index contributed by atoms with van der Waals surface area (Å²) in [7, 11) is 7.36. The SMILES string of the molecule is CC=Cc1ccc(C=O)s1.Fc1csc2c1sc1c(F)csc12.O=C(Cl)c1sc2c(sc3c(Cl)c(C(=O)Cl)sc32)c1Cl.O=C(O)C=CC1=CC=C(/C=C\C(=O)O)C1.O=C(O)C=Cc1cccs1.O=S(Cl)Cl. The number of fused-ring (bicyclic) bond motifs is 6. The molecule has 8 heterocycles. The van der Waals surface area contributed by atoms with E-state index >= 15 is 0 Å². The van der Waals surface area contributed by atoms with E-state index in [-0.39, 0.29) is 11.6 Å². The van der Waals surface area contributed by atoms with Gasteiger partial charge in [-0.3, -0.25) is 14.4 Å². The van der Waals surface area contributed by atoms with Gasteiger partial charge in [0.25, 0.3) is 10.5 Å². The van der Waals surface area contributed by atoms with E-state index in [2.05, 4.69) is 21.4 Å². The molecule has 372 valence electrons. The lowest BCUT2D eigenvalue weighted by Crippen LogP contribution is -1.88. The van der Waals surface area contributed by atoms with Crippen molar-refractivity contribution in [1.82, 2.24) is 0 Å². The van der Waals surface area contributed by atoms with Gasteiger partial charge in [-0.05, 0) is 83.4 Å². The molecule has 8 aromatic heterocycles. The lowest BCUT2D eigenvalue weighted by molar-refractivity contribution is -0.132. The predicted octanol–water partition coefficient (Wildman–Crippen LogP) is 17.7. The highest BCUT2D eigenvalue weighted by Gasteiger charge is 2.25. The van der Waals surface area contributed by atoms with Crippen LogP contribution in [0, 0.1) is 11.6 Å². The zero-order valence-corrected chi connectivity index (χ0v) is 46.9. The monoisotopic (exact) mass is 1250 g/mol. The lowest BCUT2D eigenvalue weighted by Gasteiger charge is -1.94. The van der Waals surface area contributed by atoms with Gasteiger partial charge in [-0.15, -0.1) is 90.7 Å². The third-order valence-corrected chi connectivity index (χ3v) is 19.2. The van der Waals surface area contributed by atoms with E-state index in [4.69, 9.17) is 65.9 Å². The van der Waals surface area contributed by atoms with Gasteiger partial charge in [-0.25, -0.2) is 27.4 Å². The minimum Gasteiger partial charge on any atom is -0.478 e. The van der Waals surface area contributed by atoms with Crippen LogP contribution in [0.15, 0.2) is 100 Å². The van der Waals surface area contributed by atoms with Crippen LogP contribution in [0.3, 0.4) is 0 Å². The maximum Gasteiger partial charge on any atom is 0.328 e. The molecule has 0 unspecified atom stereocenters. The molecule has 71 heavy (non-hydrogen) atoms. The highest BCUT2D eigenvalue weighted by Crippen LogP contribution is 2.51. The minimum absolute atomic E-state index is 0.229. The van der Waals surface area contributed by atoms with Crippen LogP contribution in [-0.4, -0.2) is 54.2 Å². The predicted molar refractivity (Wildman–Crippen MR) is 300 cm³/mol. The third kappa shape index (κ3) is 18.0. The number of halogens is 8. The Morgan fingerprint density at radius 1 is 0.592 bits per heavy atom. The Kier molecular flexibility index (Phi) is 24.6. The van der Waals surface area contributed by atoms with Crippen molar-refractivity contribution < 1.29 is 57.1 Å². The summed E-state index contributed by atoms with van der Waals surface area (Å²) < 4.78 is 41.4. The van der Waals surface area contributed by atoms with Crippen LogP contribution in [0.25, 0.3) is 49.8 Å². The molecule has 3 N–H and O–H groups in total. The Bertz CT molecular complexity index is 3270. The molecule has 0 fully saturated rings. The molecule has 0 aliphatic heterocycles. The van der Waals surface area contributed by atoms with Crippen LogP contribution in [-0.2, 0) is 23.6 Å². The Labute approximate surface area is 464 Å². The number of carbonyl (C=O) groups is 6. The molecule has 10 nitrogen and oxygen atoms in total. The molecular formula is C44H26Cl6F2O10S9. The fourth-order valence-electron chi connectivity index (χ4n) is 5.26. The van der Waals surface area contributed by atoms with Gasteiger partial charge >= 0.3 is 17.9 Å². The first kappa shape index (κ1) is 59.8. The maximum absolute atomic E-state index is 13.1. The summed E-state index contributed by atoms with van der Waals surface area (Å²) in [6.07, 6.45) is 16.7. The van der Waals surface area contributed by atoms with Gasteiger partial charge in [-0.1, -0.05) is 59.6 Å². The zero-order valence-electron chi connectivity index (χ0n) is 35.0. The Morgan fingerprint density at radius 2 is 1.03 bits per heavy atom. The van der Waals surface area contributed by atoms with Crippen molar-refractivity contribution in [3.63, 3.8) is 0 Å². The summed E-state index contributed by atoms with van der Waals surface area (Å²) in [6.45, 7) is 1.96. The first-order chi connectivity index (χ1) is 33.6. The number of hydrogen-bond donors (Lipinski definition) is 3. The number of carbonyl (C=O) groups excluding carboxylic acids is 3. The molecule has 0 bridgehead atoms. The summed E-state index contributed by atoms with van der Waals surface area (Å²) >= 11 is 33.8. The maximum atomic E-state index is 13.1. The molecule has 0 spiro atoms. The molecule has 1 aliphatic rings. The average Bonchev–Trinajstić information content (AvgIpc) is 4.17. The van der Waals surface area contributed by atoms with Crippen molar-refractivity contribution >= 4 is 252 Å². The molecule has 0 amide bonds.